The van der Waals surface area contributed by atoms with Crippen LogP contribution in [0.15, 0.2) is 66.9 Å². The topological polar surface area (TPSA) is 63.6 Å². The molecular weight excluding hydrogens is 963 g/mol. The van der Waals surface area contributed by atoms with Gasteiger partial charge in [0, 0.05) is 68.5 Å². The summed E-state index contributed by atoms with van der Waals surface area (Å²) in [5.74, 6) is 1.59. The first kappa shape index (κ1) is 54.2. The molecule has 0 unspecified atom stereocenters. The number of ether oxygens (including phenoxy) is 2. The molecular formula is C61H83N5O2S4. The molecule has 0 saturated heterocycles. The first-order valence-corrected chi connectivity index (χ1v) is 31.6. The molecule has 0 radical (unpaired) electrons. The predicted octanol–water partition coefficient (Wildman–Crippen LogP) is 19.9. The van der Waals surface area contributed by atoms with E-state index >= 15 is 0 Å². The van der Waals surface area contributed by atoms with Crippen LogP contribution in [0.1, 0.15) is 182 Å². The average molecular weight is 1050 g/mol. The monoisotopic (exact) mass is 1050 g/mol. The maximum Gasteiger partial charge on any atom is 0.182 e. The molecule has 11 heteroatoms. The number of aromatic nitrogens is 3. The lowest BCUT2D eigenvalue weighted by Crippen LogP contribution is -2.25. The van der Waals surface area contributed by atoms with Gasteiger partial charge >= 0.3 is 0 Å². The van der Waals surface area contributed by atoms with E-state index in [2.05, 4.69) is 98.2 Å². The summed E-state index contributed by atoms with van der Waals surface area (Å²) in [6.07, 6.45) is 33.8. The van der Waals surface area contributed by atoms with Gasteiger partial charge in [0.15, 0.2) is 11.5 Å². The summed E-state index contributed by atoms with van der Waals surface area (Å²) in [5, 5.41) is 0. The van der Waals surface area contributed by atoms with Crippen LogP contribution in [0.3, 0.4) is 0 Å². The van der Waals surface area contributed by atoms with E-state index in [1.807, 2.05) is 28.9 Å². The Balaban J connectivity index is 0.968. The molecule has 388 valence electrons. The zero-order valence-electron chi connectivity index (χ0n) is 44.2. The smallest absolute Gasteiger partial charge is 0.182 e. The highest BCUT2D eigenvalue weighted by Crippen LogP contribution is 2.55. The average Bonchev–Trinajstić information content (AvgIpc) is 4.23. The Labute approximate surface area is 449 Å². The lowest BCUT2D eigenvalue weighted by atomic mass is 10.1. The molecule has 2 aromatic carbocycles. The van der Waals surface area contributed by atoms with Gasteiger partial charge in [0.25, 0.3) is 0 Å². The highest BCUT2D eigenvalue weighted by atomic mass is 32.1. The first-order chi connectivity index (χ1) is 35.6. The number of anilines is 2. The zero-order valence-corrected chi connectivity index (χ0v) is 47.5. The maximum atomic E-state index is 6.42. The van der Waals surface area contributed by atoms with Crippen molar-refractivity contribution in [2.75, 3.05) is 49.2 Å². The van der Waals surface area contributed by atoms with Crippen LogP contribution in [0.2, 0.25) is 0 Å². The van der Waals surface area contributed by atoms with Gasteiger partial charge in [0.1, 0.15) is 34.8 Å². The van der Waals surface area contributed by atoms with E-state index in [-0.39, 0.29) is 0 Å². The number of hydrogen-bond acceptors (Lipinski definition) is 11. The molecule has 7 nitrogen and oxygen atoms in total. The Bertz CT molecular complexity index is 2580. The zero-order chi connectivity index (χ0) is 49.7. The van der Waals surface area contributed by atoms with Crippen molar-refractivity contribution in [1.29, 1.82) is 0 Å². The maximum absolute atomic E-state index is 6.42. The second kappa shape index (κ2) is 29.2. The summed E-state index contributed by atoms with van der Waals surface area (Å²) in [7, 11) is 0. The Hall–Kier alpha value is -4.03. The lowest BCUT2D eigenvalue weighted by Gasteiger charge is -2.25. The number of unbranched alkanes of at least 4 members (excludes halogenated alkanes) is 20. The van der Waals surface area contributed by atoms with Gasteiger partial charge in [-0.25, -0.2) is 0 Å². The number of benzene rings is 2. The molecule has 72 heavy (non-hydrogen) atoms. The largest absolute Gasteiger partial charge is 0.485 e. The molecule has 6 heterocycles. The summed E-state index contributed by atoms with van der Waals surface area (Å²) in [6.45, 7) is 14.8. The van der Waals surface area contributed by atoms with E-state index in [0.29, 0.717) is 13.2 Å². The number of nitrogens with zero attached hydrogens (tertiary/aromatic N) is 5. The summed E-state index contributed by atoms with van der Waals surface area (Å²) in [6, 6.07) is 23.3. The summed E-state index contributed by atoms with van der Waals surface area (Å²) in [5.41, 5.74) is 8.66. The molecule has 1 aliphatic rings. The second-order valence-electron chi connectivity index (χ2n) is 20.2. The third-order valence-corrected chi connectivity index (χ3v) is 18.6. The second-order valence-corrected chi connectivity index (χ2v) is 23.9. The molecule has 0 aliphatic carbocycles. The van der Waals surface area contributed by atoms with Gasteiger partial charge in [0.05, 0.1) is 16.6 Å². The molecule has 0 atom stereocenters. The quantitative estimate of drug-likeness (QED) is 0.0373. The van der Waals surface area contributed by atoms with E-state index < -0.39 is 0 Å². The summed E-state index contributed by atoms with van der Waals surface area (Å²) < 4.78 is 25.2. The molecule has 5 aromatic heterocycles. The number of fused-ring (bicyclic) bond motifs is 3. The van der Waals surface area contributed by atoms with E-state index in [1.54, 1.807) is 11.3 Å². The summed E-state index contributed by atoms with van der Waals surface area (Å²) in [4.78, 5) is 15.0. The van der Waals surface area contributed by atoms with Crippen molar-refractivity contribution in [3.05, 3.63) is 66.9 Å². The van der Waals surface area contributed by atoms with Crippen molar-refractivity contribution in [3.8, 4) is 53.4 Å². The lowest BCUT2D eigenvalue weighted by molar-refractivity contribution is 0.175. The van der Waals surface area contributed by atoms with Crippen molar-refractivity contribution < 1.29 is 9.47 Å². The molecule has 0 spiro atoms. The number of pyridine rings is 1. The minimum absolute atomic E-state index is 0.506. The van der Waals surface area contributed by atoms with Crippen molar-refractivity contribution in [3.63, 3.8) is 0 Å². The van der Waals surface area contributed by atoms with Crippen LogP contribution in [-0.2, 0) is 0 Å². The summed E-state index contributed by atoms with van der Waals surface area (Å²) >= 11 is 6.65. The Morgan fingerprint density at radius 2 is 0.861 bits per heavy atom. The van der Waals surface area contributed by atoms with Crippen molar-refractivity contribution in [2.24, 2.45) is 0 Å². The highest BCUT2D eigenvalue weighted by Gasteiger charge is 2.30. The van der Waals surface area contributed by atoms with Crippen LogP contribution < -0.4 is 19.3 Å². The third kappa shape index (κ3) is 14.6. The number of rotatable bonds is 34. The normalized spacial score (nSPS) is 12.4. The highest BCUT2D eigenvalue weighted by molar-refractivity contribution is 7.31. The molecule has 8 rings (SSSR count). The van der Waals surface area contributed by atoms with Gasteiger partial charge in [-0.05, 0) is 73.2 Å². The van der Waals surface area contributed by atoms with Crippen LogP contribution in [-0.4, -0.2) is 53.1 Å². The van der Waals surface area contributed by atoms with Crippen LogP contribution >= 0.6 is 45.7 Å². The van der Waals surface area contributed by atoms with Gasteiger partial charge in [-0.2, -0.15) is 8.75 Å². The molecule has 7 aromatic rings. The minimum atomic E-state index is 0.506. The molecule has 1 aliphatic heterocycles. The fraction of sp³-hybridized carbons (Fsp3) is 0.557. The van der Waals surface area contributed by atoms with Crippen molar-refractivity contribution in [1.82, 2.24) is 13.7 Å². The molecule has 0 N–H and O–H groups in total. The van der Waals surface area contributed by atoms with Gasteiger partial charge < -0.3 is 19.3 Å². The Morgan fingerprint density at radius 3 is 1.36 bits per heavy atom. The predicted molar refractivity (Wildman–Crippen MR) is 317 cm³/mol. The fourth-order valence-electron chi connectivity index (χ4n) is 10.3. The number of hydrogen-bond donors (Lipinski definition) is 0. The van der Waals surface area contributed by atoms with Crippen molar-refractivity contribution in [2.45, 2.75) is 182 Å². The van der Waals surface area contributed by atoms with Crippen LogP contribution in [0, 0.1) is 0 Å². The first-order valence-electron chi connectivity index (χ1n) is 28.4. The van der Waals surface area contributed by atoms with Gasteiger partial charge in [-0.15, -0.1) is 34.0 Å². The molecule has 0 fully saturated rings. The van der Waals surface area contributed by atoms with E-state index in [9.17, 15) is 0 Å². The van der Waals surface area contributed by atoms with Crippen molar-refractivity contribution >= 4 is 77.5 Å². The Kier molecular flexibility index (Phi) is 22.0. The molecule has 0 bridgehead atoms. The van der Waals surface area contributed by atoms with Crippen LogP contribution in [0.25, 0.3) is 62.3 Å². The van der Waals surface area contributed by atoms with E-state index in [0.717, 1.165) is 75.3 Å². The fourth-order valence-corrected chi connectivity index (χ4v) is 14.4. The minimum Gasteiger partial charge on any atom is -0.485 e. The van der Waals surface area contributed by atoms with Gasteiger partial charge in [-0.1, -0.05) is 180 Å². The SMILES string of the molecule is CCCCCCCCN(CCCCCCCC)c1ccc(-c2cc3sc(-c4cnc(-c5sc(-c6ccc(N(CCCCCCCC)CCCCCCCC)cc6)c6c5OCCO6)c5nsnc45)cc3s2)cc1. The Morgan fingerprint density at radius 1 is 0.444 bits per heavy atom. The van der Waals surface area contributed by atoms with E-state index in [4.69, 9.17) is 23.2 Å². The third-order valence-electron chi connectivity index (χ3n) is 14.5. The molecule has 0 saturated carbocycles. The molecule has 0 amide bonds. The van der Waals surface area contributed by atoms with Crippen LogP contribution in [0.4, 0.5) is 11.4 Å². The van der Waals surface area contributed by atoms with Gasteiger partial charge in [0.2, 0.25) is 0 Å². The number of thiophene rings is 3. The standard InChI is InChI=1S/C61H83N5O2S4/c1-5-9-13-17-21-25-37-65(38-26-22-18-14-10-6-2)48-33-29-46(30-34-48)51-43-53-54(69-51)44-52(70-53)50-45-62-57(56-55(50)63-72-64-56)61-59-58(67-41-42-68-59)60(71-61)47-31-35-49(36-32-47)66(39-27-23-19-15-11-7-3)40-28-24-20-16-12-8-4/h29-36,43-45H,5-28,37-42H2,1-4H3. The van der Waals surface area contributed by atoms with Gasteiger partial charge in [-0.3, -0.25) is 4.98 Å². The van der Waals surface area contributed by atoms with Crippen LogP contribution in [0.5, 0.6) is 11.5 Å². The van der Waals surface area contributed by atoms with E-state index in [1.165, 1.54) is 202 Å².